The number of nitrogens with zero attached hydrogens (tertiary/aromatic N) is 3. The molecule has 0 radical (unpaired) electrons. The van der Waals surface area contributed by atoms with Crippen LogP contribution >= 0.6 is 11.6 Å². The van der Waals surface area contributed by atoms with E-state index in [1.54, 1.807) is 18.5 Å². The van der Waals surface area contributed by atoms with Gasteiger partial charge in [-0.25, -0.2) is 19.3 Å². The Morgan fingerprint density at radius 3 is 2.58 bits per heavy atom. The molecule has 0 saturated carbocycles. The molecular weight excluding hydrogens is 449 g/mol. The lowest BCUT2D eigenvalue weighted by Crippen LogP contribution is -2.28. The van der Waals surface area contributed by atoms with Crippen molar-refractivity contribution in [1.82, 2.24) is 25.6 Å². The molecule has 1 aliphatic rings. The van der Waals surface area contributed by atoms with E-state index < -0.39 is 17.6 Å². The van der Waals surface area contributed by atoms with Crippen molar-refractivity contribution in [3.63, 3.8) is 0 Å². The number of benzene rings is 1. The molecule has 33 heavy (non-hydrogen) atoms. The van der Waals surface area contributed by atoms with Gasteiger partial charge in [0, 0.05) is 36.7 Å². The molecule has 0 aliphatic carbocycles. The van der Waals surface area contributed by atoms with Gasteiger partial charge in [0.25, 0.3) is 11.8 Å². The maximum Gasteiger partial charge on any atom is 0.293 e. The van der Waals surface area contributed by atoms with Crippen LogP contribution in [0.1, 0.15) is 39.0 Å². The second-order valence-electron chi connectivity index (χ2n) is 7.36. The largest absolute Gasteiger partial charge is 0.318 e. The number of aromatic nitrogens is 3. The fourth-order valence-corrected chi connectivity index (χ4v) is 3.42. The monoisotopic (exact) mass is 469 g/mol. The number of nitrogens with one attached hydrogen (secondary N) is 4. The third kappa shape index (κ3) is 5.86. The summed E-state index contributed by atoms with van der Waals surface area (Å²) in [7, 11) is 0. The number of carbonyl (C=O) groups excluding carboxylic acids is 2. The predicted octanol–water partition coefficient (Wildman–Crippen LogP) is 2.79. The van der Waals surface area contributed by atoms with Gasteiger partial charge >= 0.3 is 0 Å². The van der Waals surface area contributed by atoms with E-state index in [2.05, 4.69) is 36.2 Å². The number of hydrogen-bond acceptors (Lipinski definition) is 7. The number of hydrogen-bond donors (Lipinski definition) is 4. The molecule has 1 saturated heterocycles. The van der Waals surface area contributed by atoms with Crippen LogP contribution in [0.5, 0.6) is 0 Å². The summed E-state index contributed by atoms with van der Waals surface area (Å²) in [4.78, 5) is 37.7. The lowest BCUT2D eigenvalue weighted by atomic mass is 10.1. The molecule has 4 rings (SSSR count). The van der Waals surface area contributed by atoms with Crippen molar-refractivity contribution in [3.8, 4) is 0 Å². The van der Waals surface area contributed by atoms with Crippen LogP contribution in [0.2, 0.25) is 5.02 Å². The van der Waals surface area contributed by atoms with E-state index in [0.717, 1.165) is 43.8 Å². The maximum absolute atomic E-state index is 13.8. The fraction of sp³-hybridized carbons (Fsp3) is 0.227. The molecule has 1 fully saturated rings. The first-order valence-corrected chi connectivity index (χ1v) is 10.7. The summed E-state index contributed by atoms with van der Waals surface area (Å²) in [5, 5.41) is 12.3. The highest BCUT2D eigenvalue weighted by Gasteiger charge is 2.19. The Bertz CT molecular complexity index is 1130. The summed E-state index contributed by atoms with van der Waals surface area (Å²) in [5.74, 6) is -1.75. The number of rotatable bonds is 5. The third-order valence-corrected chi connectivity index (χ3v) is 5.21. The third-order valence-electron chi connectivity index (χ3n) is 4.99. The van der Waals surface area contributed by atoms with Gasteiger partial charge in [-0.15, -0.1) is 0 Å². The predicted molar refractivity (Wildman–Crippen MR) is 122 cm³/mol. The molecular formula is C22H21ClFN7O2. The minimum atomic E-state index is -0.650. The molecule has 2 amide bonds. The summed E-state index contributed by atoms with van der Waals surface area (Å²) >= 11 is 5.80. The number of amides is 2. The van der Waals surface area contributed by atoms with Crippen molar-refractivity contribution < 1.29 is 14.0 Å². The average Bonchev–Trinajstić information content (AvgIpc) is 3.11. The van der Waals surface area contributed by atoms with Crippen LogP contribution in [0.25, 0.3) is 0 Å². The second-order valence-corrected chi connectivity index (χ2v) is 7.80. The molecule has 170 valence electrons. The first-order chi connectivity index (χ1) is 16.0. The van der Waals surface area contributed by atoms with Gasteiger partial charge in [-0.2, -0.15) is 0 Å². The van der Waals surface area contributed by atoms with Gasteiger partial charge in [0.15, 0.2) is 0 Å². The highest BCUT2D eigenvalue weighted by atomic mass is 35.5. The minimum Gasteiger partial charge on any atom is -0.318 e. The van der Waals surface area contributed by atoms with Crippen molar-refractivity contribution in [2.75, 3.05) is 30.3 Å². The van der Waals surface area contributed by atoms with Gasteiger partial charge < -0.3 is 21.3 Å². The zero-order valence-electron chi connectivity index (χ0n) is 17.4. The zero-order chi connectivity index (χ0) is 23.2. The van der Waals surface area contributed by atoms with Crippen LogP contribution in [0.3, 0.4) is 0 Å². The summed E-state index contributed by atoms with van der Waals surface area (Å²) in [6, 6.07) is 6.58. The number of pyridine rings is 1. The van der Waals surface area contributed by atoms with Crippen molar-refractivity contribution >= 4 is 34.9 Å². The van der Waals surface area contributed by atoms with Gasteiger partial charge in [-0.3, -0.25) is 9.59 Å². The molecule has 9 nitrogen and oxygen atoms in total. The molecule has 1 aliphatic heterocycles. The molecule has 0 spiro atoms. The first kappa shape index (κ1) is 22.7. The molecule has 3 heterocycles. The smallest absolute Gasteiger partial charge is 0.293 e. The van der Waals surface area contributed by atoms with Crippen molar-refractivity contribution in [3.05, 3.63) is 76.7 Å². The summed E-state index contributed by atoms with van der Waals surface area (Å²) in [6.07, 6.45) is 5.58. The fourth-order valence-electron chi connectivity index (χ4n) is 3.30. The van der Waals surface area contributed by atoms with Gasteiger partial charge in [0.2, 0.25) is 5.82 Å². The van der Waals surface area contributed by atoms with Crippen LogP contribution in [0, 0.1) is 5.82 Å². The molecule has 1 atom stereocenters. The van der Waals surface area contributed by atoms with Crippen molar-refractivity contribution in [2.45, 2.75) is 12.5 Å². The molecule has 1 aromatic carbocycles. The Morgan fingerprint density at radius 2 is 1.82 bits per heavy atom. The topological polar surface area (TPSA) is 121 Å². The van der Waals surface area contributed by atoms with E-state index in [4.69, 9.17) is 11.6 Å². The maximum atomic E-state index is 13.8. The highest BCUT2D eigenvalue weighted by molar-refractivity contribution is 6.30. The summed E-state index contributed by atoms with van der Waals surface area (Å²) in [6.45, 7) is 2.55. The number of halogens is 2. The van der Waals surface area contributed by atoms with Gasteiger partial charge in [-0.1, -0.05) is 11.6 Å². The molecule has 11 heteroatoms. The Hall–Kier alpha value is -3.47. The summed E-state index contributed by atoms with van der Waals surface area (Å²) < 4.78 is 13.8. The van der Waals surface area contributed by atoms with E-state index in [-0.39, 0.29) is 28.9 Å². The average molecular weight is 470 g/mol. The van der Waals surface area contributed by atoms with E-state index in [1.807, 2.05) is 0 Å². The normalized spacial score (nSPS) is 16.0. The standard InChI is InChI=1S/C22H21ClFN7O2/c23-14-2-5-19(27-11-14)31-21(32)16-8-15(24)3-4-17(16)30-22(33)20-28-9-13(10-29-20)18-12-25-6-1-7-26-18/h2-5,8-11,18,25-26H,1,6-7,12H2,(H,30,33)(H,27,31,32). The van der Waals surface area contributed by atoms with Gasteiger partial charge in [0.05, 0.1) is 16.3 Å². The van der Waals surface area contributed by atoms with Crippen LogP contribution in [0.15, 0.2) is 48.9 Å². The summed E-state index contributed by atoms with van der Waals surface area (Å²) in [5.41, 5.74) is 0.888. The van der Waals surface area contributed by atoms with E-state index in [9.17, 15) is 14.0 Å². The molecule has 2 aromatic heterocycles. The first-order valence-electron chi connectivity index (χ1n) is 10.3. The Balaban J connectivity index is 1.48. The van der Waals surface area contributed by atoms with E-state index in [1.165, 1.54) is 18.3 Å². The molecule has 4 N–H and O–H groups in total. The SMILES string of the molecule is O=C(Nc1ccc(F)cc1C(=O)Nc1ccc(Cl)cn1)c1ncc(C2CNCCCN2)cn1. The highest BCUT2D eigenvalue weighted by Crippen LogP contribution is 2.20. The zero-order valence-corrected chi connectivity index (χ0v) is 18.2. The Labute approximate surface area is 194 Å². The van der Waals surface area contributed by atoms with Crippen LogP contribution in [-0.2, 0) is 0 Å². The number of anilines is 2. The minimum absolute atomic E-state index is 0.0542. The molecule has 3 aromatic rings. The van der Waals surface area contributed by atoms with Crippen LogP contribution in [0.4, 0.5) is 15.9 Å². The van der Waals surface area contributed by atoms with E-state index >= 15 is 0 Å². The van der Waals surface area contributed by atoms with Crippen molar-refractivity contribution in [2.24, 2.45) is 0 Å². The van der Waals surface area contributed by atoms with Gasteiger partial charge in [-0.05, 0) is 49.8 Å². The Morgan fingerprint density at radius 1 is 1.00 bits per heavy atom. The molecule has 1 unspecified atom stereocenters. The lowest BCUT2D eigenvalue weighted by molar-refractivity contribution is 0.101. The van der Waals surface area contributed by atoms with Crippen molar-refractivity contribution in [1.29, 1.82) is 0 Å². The quantitative estimate of drug-likeness (QED) is 0.453. The second kappa shape index (κ2) is 10.4. The van der Waals surface area contributed by atoms with Gasteiger partial charge in [0.1, 0.15) is 11.6 Å². The molecule has 0 bridgehead atoms. The van der Waals surface area contributed by atoms with E-state index in [0.29, 0.717) is 5.02 Å². The lowest BCUT2D eigenvalue weighted by Gasteiger charge is -2.15. The Kier molecular flexibility index (Phi) is 7.18. The number of carbonyl (C=O) groups is 2. The van der Waals surface area contributed by atoms with Crippen LogP contribution < -0.4 is 21.3 Å². The van der Waals surface area contributed by atoms with Crippen LogP contribution in [-0.4, -0.2) is 46.4 Å².